The first-order valence-electron chi connectivity index (χ1n) is 13.8. The zero-order chi connectivity index (χ0) is 30.0. The molecule has 0 unspecified atom stereocenters. The van der Waals surface area contributed by atoms with Crippen molar-refractivity contribution in [2.75, 3.05) is 26.2 Å². The van der Waals surface area contributed by atoms with Crippen molar-refractivity contribution in [3.63, 3.8) is 0 Å². The van der Waals surface area contributed by atoms with Crippen molar-refractivity contribution in [1.82, 2.24) is 19.8 Å². The van der Waals surface area contributed by atoms with E-state index < -0.39 is 0 Å². The number of amides is 1. The molecule has 1 saturated heterocycles. The van der Waals surface area contributed by atoms with Crippen LogP contribution >= 0.6 is 34.5 Å². The second-order valence-corrected chi connectivity index (χ2v) is 12.3. The molecule has 1 fully saturated rings. The predicted molar refractivity (Wildman–Crippen MR) is 172 cm³/mol. The number of nitrogens with zero attached hydrogens (tertiary/aromatic N) is 3. The van der Waals surface area contributed by atoms with Gasteiger partial charge in [0.05, 0.1) is 33.6 Å². The highest BCUT2D eigenvalue weighted by Gasteiger charge is 2.28. The molecule has 2 aromatic carbocycles. The van der Waals surface area contributed by atoms with Crippen molar-refractivity contribution in [1.29, 1.82) is 0 Å². The Morgan fingerprint density at radius 2 is 1.81 bits per heavy atom. The quantitative estimate of drug-likeness (QED) is 0.236. The number of halogens is 2. The summed E-state index contributed by atoms with van der Waals surface area (Å²) in [5.41, 5.74) is 3.69. The van der Waals surface area contributed by atoms with Crippen LogP contribution < -0.4 is 15.6 Å². The number of rotatable bonds is 7. The van der Waals surface area contributed by atoms with E-state index >= 15 is 0 Å². The van der Waals surface area contributed by atoms with Gasteiger partial charge in [-0.15, -0.1) is 11.3 Å². The molecule has 0 aliphatic carbocycles. The summed E-state index contributed by atoms with van der Waals surface area (Å²) in [4.78, 5) is 35.3. The molecule has 3 heterocycles. The zero-order valence-corrected chi connectivity index (χ0v) is 26.2. The fraction of sp³-hybridized carbons (Fsp3) is 0.281. The van der Waals surface area contributed by atoms with Crippen molar-refractivity contribution in [3.8, 4) is 33.3 Å². The van der Waals surface area contributed by atoms with E-state index in [4.69, 9.17) is 32.9 Å². The molecule has 42 heavy (non-hydrogen) atoms. The molecule has 0 saturated carbocycles. The summed E-state index contributed by atoms with van der Waals surface area (Å²) in [7, 11) is 0. The number of thiazole rings is 1. The SMILES string of the molecule is CC(C)=Cc1c(C(=O)N2CCNCC2)cc(-c2nc(-c3ccc(Cl)cc3)cs2)c(=O)n1-c1c(Cl)cccc1OC(C)C. The number of benzene rings is 2. The Bertz CT molecular complexity index is 1700. The number of nitrogens with one attached hydrogen (secondary N) is 1. The Morgan fingerprint density at radius 3 is 2.48 bits per heavy atom. The minimum Gasteiger partial charge on any atom is -0.489 e. The van der Waals surface area contributed by atoms with Gasteiger partial charge >= 0.3 is 0 Å². The van der Waals surface area contributed by atoms with Gasteiger partial charge in [-0.1, -0.05) is 47.0 Å². The van der Waals surface area contributed by atoms with E-state index in [2.05, 4.69) is 5.32 Å². The number of para-hydroxylation sites is 1. The smallest absolute Gasteiger partial charge is 0.266 e. The molecule has 5 rings (SSSR count). The van der Waals surface area contributed by atoms with Crippen molar-refractivity contribution in [2.45, 2.75) is 33.8 Å². The lowest BCUT2D eigenvalue weighted by Crippen LogP contribution is -2.47. The third-order valence-corrected chi connectivity index (χ3v) is 8.14. The van der Waals surface area contributed by atoms with Gasteiger partial charge in [-0.25, -0.2) is 4.98 Å². The largest absolute Gasteiger partial charge is 0.489 e. The number of ether oxygens (including phenoxy) is 1. The van der Waals surface area contributed by atoms with Crippen LogP contribution in [0.15, 0.2) is 64.3 Å². The van der Waals surface area contributed by atoms with Gasteiger partial charge < -0.3 is 15.0 Å². The molecule has 0 bridgehead atoms. The van der Waals surface area contributed by atoms with Crippen LogP contribution in [-0.2, 0) is 0 Å². The molecule has 2 aromatic heterocycles. The number of carbonyl (C=O) groups excluding carboxylic acids is 1. The van der Waals surface area contributed by atoms with Crippen LogP contribution in [0.25, 0.3) is 33.6 Å². The first kappa shape index (κ1) is 30.0. The molecule has 0 radical (unpaired) electrons. The Hall–Kier alpha value is -3.43. The fourth-order valence-corrected chi connectivity index (χ4v) is 6.06. The van der Waals surface area contributed by atoms with Crippen LogP contribution in [-0.4, -0.2) is 52.6 Å². The molecule has 7 nitrogen and oxygen atoms in total. The molecule has 4 aromatic rings. The maximum atomic E-state index is 14.5. The summed E-state index contributed by atoms with van der Waals surface area (Å²) >= 11 is 14.2. The molecule has 1 amide bonds. The Labute approximate surface area is 259 Å². The average Bonchev–Trinajstić information content (AvgIpc) is 3.44. The summed E-state index contributed by atoms with van der Waals surface area (Å²) in [5.74, 6) is 0.286. The third kappa shape index (κ3) is 6.32. The Balaban J connectivity index is 1.81. The van der Waals surface area contributed by atoms with E-state index in [9.17, 15) is 9.59 Å². The zero-order valence-electron chi connectivity index (χ0n) is 23.9. The van der Waals surface area contributed by atoms with Gasteiger partial charge in [0.1, 0.15) is 16.4 Å². The third-order valence-electron chi connectivity index (χ3n) is 6.71. The van der Waals surface area contributed by atoms with Crippen LogP contribution in [0.1, 0.15) is 43.7 Å². The highest BCUT2D eigenvalue weighted by Crippen LogP contribution is 2.35. The van der Waals surface area contributed by atoms with Crippen LogP contribution in [0.2, 0.25) is 10.0 Å². The Morgan fingerprint density at radius 1 is 1.10 bits per heavy atom. The number of aromatic nitrogens is 2. The first-order chi connectivity index (χ1) is 20.1. The fourth-order valence-electron chi connectivity index (χ4n) is 4.84. The number of hydrogen-bond acceptors (Lipinski definition) is 6. The van der Waals surface area contributed by atoms with Crippen molar-refractivity contribution in [2.24, 2.45) is 0 Å². The van der Waals surface area contributed by atoms with Gasteiger partial charge in [0.15, 0.2) is 0 Å². The topological polar surface area (TPSA) is 76.5 Å². The number of carbonyl (C=O) groups is 1. The van der Waals surface area contributed by atoms with Crippen LogP contribution in [0.3, 0.4) is 0 Å². The van der Waals surface area contributed by atoms with Gasteiger partial charge in [0.2, 0.25) is 0 Å². The second-order valence-electron chi connectivity index (χ2n) is 10.6. The molecular formula is C32H32Cl2N4O3S. The maximum absolute atomic E-state index is 14.5. The second kappa shape index (κ2) is 12.8. The molecular weight excluding hydrogens is 591 g/mol. The summed E-state index contributed by atoms with van der Waals surface area (Å²) in [5, 5.41) is 6.64. The normalized spacial score (nSPS) is 13.4. The monoisotopic (exact) mass is 622 g/mol. The molecule has 1 aliphatic heterocycles. The highest BCUT2D eigenvalue weighted by atomic mass is 35.5. The van der Waals surface area contributed by atoms with Crippen LogP contribution in [0, 0.1) is 0 Å². The molecule has 0 atom stereocenters. The molecule has 218 valence electrons. The van der Waals surface area contributed by atoms with Gasteiger partial charge in [0, 0.05) is 42.1 Å². The van der Waals surface area contributed by atoms with Crippen LogP contribution in [0.5, 0.6) is 5.75 Å². The van der Waals surface area contributed by atoms with E-state index in [0.717, 1.165) is 11.1 Å². The molecule has 10 heteroatoms. The lowest BCUT2D eigenvalue weighted by molar-refractivity contribution is 0.0735. The van der Waals surface area contributed by atoms with Gasteiger partial charge in [0.25, 0.3) is 11.5 Å². The summed E-state index contributed by atoms with van der Waals surface area (Å²) in [6.07, 6.45) is 1.68. The van der Waals surface area contributed by atoms with E-state index in [1.165, 1.54) is 15.9 Å². The lowest BCUT2D eigenvalue weighted by atomic mass is 10.0. The summed E-state index contributed by atoms with van der Waals surface area (Å²) in [6, 6.07) is 14.3. The van der Waals surface area contributed by atoms with E-state index in [1.807, 2.05) is 56.2 Å². The molecule has 0 spiro atoms. The number of piperazine rings is 1. The van der Waals surface area contributed by atoms with Crippen LogP contribution in [0.4, 0.5) is 0 Å². The number of allylic oxidation sites excluding steroid dienone is 1. The summed E-state index contributed by atoms with van der Waals surface area (Å²) < 4.78 is 7.65. The number of pyridine rings is 1. The lowest BCUT2D eigenvalue weighted by Gasteiger charge is -2.29. The predicted octanol–water partition coefficient (Wildman–Crippen LogP) is 7.19. The van der Waals surface area contributed by atoms with E-state index in [0.29, 0.717) is 75.2 Å². The minimum atomic E-state index is -0.349. The minimum absolute atomic E-state index is 0.160. The maximum Gasteiger partial charge on any atom is 0.266 e. The van der Waals surface area contributed by atoms with Gasteiger partial charge in [-0.05, 0) is 64.1 Å². The van der Waals surface area contributed by atoms with Crippen molar-refractivity contribution >= 4 is 46.5 Å². The highest BCUT2D eigenvalue weighted by molar-refractivity contribution is 7.13. The first-order valence-corrected chi connectivity index (χ1v) is 15.4. The van der Waals surface area contributed by atoms with Crippen molar-refractivity contribution < 1.29 is 9.53 Å². The molecule has 1 aliphatic rings. The van der Waals surface area contributed by atoms with Gasteiger partial charge in [-0.2, -0.15) is 0 Å². The number of hydrogen-bond donors (Lipinski definition) is 1. The molecule has 1 N–H and O–H groups in total. The van der Waals surface area contributed by atoms with E-state index in [-0.39, 0.29) is 17.6 Å². The van der Waals surface area contributed by atoms with E-state index in [1.54, 1.807) is 36.4 Å². The Kier molecular flexibility index (Phi) is 9.18. The average molecular weight is 624 g/mol. The summed E-state index contributed by atoms with van der Waals surface area (Å²) in [6.45, 7) is 10.2. The van der Waals surface area contributed by atoms with Crippen molar-refractivity contribution in [3.05, 3.63) is 91.1 Å². The standard InChI is InChI=1S/C32H32Cl2N4O3S/c1-19(2)16-27-23(31(39)37-14-12-35-13-15-37)17-24(30-36-26(18-42-30)21-8-10-22(33)11-9-21)32(40)38(27)29-25(34)6-5-7-28(29)41-20(3)4/h5-11,16-18,20,35H,12-15H2,1-4H3. The van der Waals surface area contributed by atoms with Gasteiger partial charge in [-0.3, -0.25) is 14.2 Å².